The lowest BCUT2D eigenvalue weighted by molar-refractivity contribution is 0.0908. The molecule has 2 atom stereocenters. The Morgan fingerprint density at radius 1 is 1.10 bits per heavy atom. The van der Waals surface area contributed by atoms with Crippen LogP contribution in [0.3, 0.4) is 0 Å². The molecule has 1 unspecified atom stereocenters. The summed E-state index contributed by atoms with van der Waals surface area (Å²) in [4.78, 5) is 40.1. The molecule has 11 heteroatoms. The Morgan fingerprint density at radius 2 is 1.82 bits per heavy atom. The fraction of sp³-hybridized carbons (Fsp3) is 0.207. The van der Waals surface area contributed by atoms with E-state index in [1.165, 1.54) is 18.2 Å². The molecule has 0 saturated heterocycles. The summed E-state index contributed by atoms with van der Waals surface area (Å²) in [6, 6.07) is 10.5. The van der Waals surface area contributed by atoms with Crippen LogP contribution in [0, 0.1) is 11.6 Å². The van der Waals surface area contributed by atoms with Crippen molar-refractivity contribution in [3.05, 3.63) is 124 Å². The molecule has 0 aliphatic heterocycles. The van der Waals surface area contributed by atoms with Gasteiger partial charge in [0.1, 0.15) is 23.8 Å². The number of nitrogens with zero attached hydrogens (tertiary/aromatic N) is 1. The maximum Gasteiger partial charge on any atom is 0.274 e. The van der Waals surface area contributed by atoms with Crippen molar-refractivity contribution < 1.29 is 28.2 Å². The average molecular weight is 553 g/mol. The Kier molecular flexibility index (Phi) is 10.3. The summed E-state index contributed by atoms with van der Waals surface area (Å²) in [6.45, 7) is 8.10. The van der Waals surface area contributed by atoms with Crippen molar-refractivity contribution >= 4 is 11.8 Å². The quantitative estimate of drug-likeness (QED) is 0.242. The van der Waals surface area contributed by atoms with Crippen molar-refractivity contribution in [2.45, 2.75) is 32.2 Å². The molecule has 9 nitrogen and oxygen atoms in total. The molecule has 2 amide bonds. The van der Waals surface area contributed by atoms with Crippen LogP contribution < -0.4 is 26.2 Å². The highest BCUT2D eigenvalue weighted by molar-refractivity contribution is 5.99. The third kappa shape index (κ3) is 7.41. The number of carbonyl (C=O) groups is 2. The standard InChI is InChI=1S/C29H30F2N4O5/c1-4-18(3)34-35-15-23(28(38)32-14-20-11-12-21(30)13-24(20)31)26(37)27(40-17-19-9-7-6-8-10-19)25(35)29(39)33-22(5-2)16-36/h4-13,15,18,22,34,36H,1-2,14,16-17H2,3H3,(H,32,38)(H,33,39)/t18?,22-/m1/s1. The number of pyridine rings is 1. The van der Waals surface area contributed by atoms with Gasteiger partial charge in [-0.3, -0.25) is 19.1 Å². The van der Waals surface area contributed by atoms with E-state index in [9.17, 15) is 28.3 Å². The van der Waals surface area contributed by atoms with Crippen LogP contribution in [0.2, 0.25) is 0 Å². The van der Waals surface area contributed by atoms with Crippen molar-refractivity contribution in [1.82, 2.24) is 15.3 Å². The number of ether oxygens (including phenoxy) is 1. The maximum atomic E-state index is 14.1. The first-order valence-electron chi connectivity index (χ1n) is 12.3. The molecule has 3 rings (SSSR count). The molecular formula is C29H30F2N4O5. The smallest absolute Gasteiger partial charge is 0.274 e. The summed E-state index contributed by atoms with van der Waals surface area (Å²) >= 11 is 0. The van der Waals surface area contributed by atoms with Crippen LogP contribution in [0.4, 0.5) is 8.78 Å². The summed E-state index contributed by atoms with van der Waals surface area (Å²) in [7, 11) is 0. The third-order valence-corrected chi connectivity index (χ3v) is 5.80. The zero-order chi connectivity index (χ0) is 29.2. The number of hydrogen-bond donors (Lipinski definition) is 4. The predicted octanol–water partition coefficient (Wildman–Crippen LogP) is 3.03. The van der Waals surface area contributed by atoms with Crippen LogP contribution in [0.15, 0.2) is 84.8 Å². The molecule has 0 aliphatic rings. The van der Waals surface area contributed by atoms with Crippen LogP contribution >= 0.6 is 0 Å². The SMILES string of the molecule is C=CC(C)Nn1cc(C(=O)NCc2ccc(F)cc2F)c(=O)c(OCc2ccccc2)c1C(=O)N[C@H](C=C)CO. The second-order valence-electron chi connectivity index (χ2n) is 8.76. The van der Waals surface area contributed by atoms with Gasteiger partial charge in [0.15, 0.2) is 11.4 Å². The molecule has 3 aromatic rings. The van der Waals surface area contributed by atoms with E-state index in [0.717, 1.165) is 16.9 Å². The van der Waals surface area contributed by atoms with E-state index in [-0.39, 0.29) is 24.4 Å². The van der Waals surface area contributed by atoms with Gasteiger partial charge in [0.25, 0.3) is 11.8 Å². The van der Waals surface area contributed by atoms with Gasteiger partial charge >= 0.3 is 0 Å². The van der Waals surface area contributed by atoms with Gasteiger partial charge in [0, 0.05) is 24.4 Å². The molecule has 40 heavy (non-hydrogen) atoms. The lowest BCUT2D eigenvalue weighted by Gasteiger charge is -2.23. The second kappa shape index (κ2) is 13.9. The number of aliphatic hydroxyl groups is 1. The van der Waals surface area contributed by atoms with Crippen molar-refractivity contribution in [2.75, 3.05) is 12.0 Å². The number of carbonyl (C=O) groups excluding carboxylic acids is 2. The molecule has 210 valence electrons. The molecule has 0 bridgehead atoms. The number of aromatic nitrogens is 1. The van der Waals surface area contributed by atoms with Crippen molar-refractivity contribution in [2.24, 2.45) is 0 Å². The highest BCUT2D eigenvalue weighted by Crippen LogP contribution is 2.18. The highest BCUT2D eigenvalue weighted by atomic mass is 19.1. The molecule has 1 aromatic heterocycles. The van der Waals surface area contributed by atoms with Gasteiger partial charge in [0.2, 0.25) is 5.43 Å². The van der Waals surface area contributed by atoms with Crippen LogP contribution in [-0.4, -0.2) is 40.3 Å². The number of benzene rings is 2. The minimum Gasteiger partial charge on any atom is -0.482 e. The Hall–Kier alpha value is -4.77. The van der Waals surface area contributed by atoms with Crippen molar-refractivity contribution in [1.29, 1.82) is 0 Å². The molecular weight excluding hydrogens is 522 g/mol. The van der Waals surface area contributed by atoms with Crippen molar-refractivity contribution in [3.63, 3.8) is 0 Å². The predicted molar refractivity (Wildman–Crippen MR) is 147 cm³/mol. The number of nitrogens with one attached hydrogen (secondary N) is 3. The van der Waals surface area contributed by atoms with Gasteiger partial charge in [-0.2, -0.15) is 0 Å². The van der Waals surface area contributed by atoms with E-state index < -0.39 is 58.9 Å². The first-order chi connectivity index (χ1) is 19.2. The van der Waals surface area contributed by atoms with Crippen LogP contribution in [0.1, 0.15) is 38.9 Å². The number of hydrogen-bond acceptors (Lipinski definition) is 6. The lowest BCUT2D eigenvalue weighted by Crippen LogP contribution is -2.41. The molecule has 0 radical (unpaired) electrons. The minimum atomic E-state index is -0.901. The fourth-order valence-corrected chi connectivity index (χ4v) is 3.55. The van der Waals surface area contributed by atoms with Gasteiger partial charge in [-0.25, -0.2) is 8.78 Å². The zero-order valence-electron chi connectivity index (χ0n) is 21.8. The molecule has 0 spiro atoms. The van der Waals surface area contributed by atoms with E-state index in [1.807, 2.05) is 0 Å². The first-order valence-corrected chi connectivity index (χ1v) is 12.3. The van der Waals surface area contributed by atoms with Crippen molar-refractivity contribution in [3.8, 4) is 5.75 Å². The normalized spacial score (nSPS) is 12.1. The number of aliphatic hydroxyl groups excluding tert-OH is 1. The van der Waals surface area contributed by atoms with Gasteiger partial charge in [-0.1, -0.05) is 48.6 Å². The van der Waals surface area contributed by atoms with Crippen LogP contribution in [0.25, 0.3) is 0 Å². The minimum absolute atomic E-state index is 0.00417. The molecule has 0 saturated carbocycles. The zero-order valence-corrected chi connectivity index (χ0v) is 21.8. The number of amides is 2. The van der Waals surface area contributed by atoms with E-state index in [0.29, 0.717) is 11.6 Å². The van der Waals surface area contributed by atoms with E-state index >= 15 is 0 Å². The van der Waals surface area contributed by atoms with Gasteiger partial charge < -0.3 is 25.9 Å². The summed E-state index contributed by atoms with van der Waals surface area (Å²) in [5.74, 6) is -3.74. The topological polar surface area (TPSA) is 122 Å². The lowest BCUT2D eigenvalue weighted by atomic mass is 10.1. The van der Waals surface area contributed by atoms with Gasteiger partial charge in [-0.05, 0) is 18.6 Å². The molecule has 2 aromatic carbocycles. The second-order valence-corrected chi connectivity index (χ2v) is 8.76. The van der Waals surface area contributed by atoms with E-state index in [2.05, 4.69) is 29.2 Å². The highest BCUT2D eigenvalue weighted by Gasteiger charge is 2.27. The fourth-order valence-electron chi connectivity index (χ4n) is 3.55. The Bertz CT molecular complexity index is 1440. The average Bonchev–Trinajstić information content (AvgIpc) is 2.95. The van der Waals surface area contributed by atoms with Crippen LogP contribution in [0.5, 0.6) is 5.75 Å². The third-order valence-electron chi connectivity index (χ3n) is 5.80. The monoisotopic (exact) mass is 552 g/mol. The Morgan fingerprint density at radius 3 is 2.45 bits per heavy atom. The summed E-state index contributed by atoms with van der Waals surface area (Å²) in [6.07, 6.45) is 3.97. The number of halogens is 2. The maximum absolute atomic E-state index is 14.1. The summed E-state index contributed by atoms with van der Waals surface area (Å²) < 4.78 is 34.3. The summed E-state index contributed by atoms with van der Waals surface area (Å²) in [5.41, 5.74) is 2.06. The van der Waals surface area contributed by atoms with E-state index in [1.54, 1.807) is 37.3 Å². The first kappa shape index (κ1) is 29.8. The molecule has 4 N–H and O–H groups in total. The molecule has 0 fully saturated rings. The van der Waals surface area contributed by atoms with Gasteiger partial charge in [-0.15, -0.1) is 13.2 Å². The summed E-state index contributed by atoms with van der Waals surface area (Å²) in [5, 5.41) is 14.5. The molecule has 1 heterocycles. The van der Waals surface area contributed by atoms with Crippen LogP contribution in [-0.2, 0) is 13.2 Å². The Labute approximate surface area is 229 Å². The van der Waals surface area contributed by atoms with E-state index in [4.69, 9.17) is 4.74 Å². The molecule has 0 aliphatic carbocycles. The Balaban J connectivity index is 2.09. The van der Waals surface area contributed by atoms with Gasteiger partial charge in [0.05, 0.1) is 18.7 Å². The number of rotatable bonds is 13. The largest absolute Gasteiger partial charge is 0.482 e.